The molecule has 0 aliphatic carbocycles. The van der Waals surface area contributed by atoms with Crippen molar-refractivity contribution >= 4 is 53.9 Å². The zero-order valence-electron chi connectivity index (χ0n) is 24.2. The van der Waals surface area contributed by atoms with E-state index in [1.54, 1.807) is 0 Å². The first-order chi connectivity index (χ1) is 21.8. The normalized spacial score (nSPS) is 11.6. The zero-order valence-corrected chi connectivity index (χ0v) is 24.2. The van der Waals surface area contributed by atoms with Gasteiger partial charge in [-0.15, -0.1) is 0 Å². The van der Waals surface area contributed by atoms with Crippen LogP contribution in [-0.4, -0.2) is 0 Å². The van der Waals surface area contributed by atoms with Crippen LogP contribution in [-0.2, 0) is 0 Å². The SMILES string of the molecule is c1ccc(-c2ccc(-c3c4ccccc4c(-c4ccc5cc6ccccc6cc5c4)c4ccccc34)c3ccccc23)cc1. The first kappa shape index (κ1) is 24.8. The summed E-state index contributed by atoms with van der Waals surface area (Å²) in [6.07, 6.45) is 0. The Bertz CT molecular complexity index is 2480. The van der Waals surface area contributed by atoms with Gasteiger partial charge in [-0.05, 0) is 105 Å². The predicted octanol–water partition coefficient (Wildman–Crippen LogP) is 12.5. The smallest absolute Gasteiger partial charge is 0.00201 e. The Morgan fingerprint density at radius 1 is 0.227 bits per heavy atom. The number of hydrogen-bond acceptors (Lipinski definition) is 0. The molecule has 0 bridgehead atoms. The largest absolute Gasteiger partial charge is 0.0622 e. The summed E-state index contributed by atoms with van der Waals surface area (Å²) in [4.78, 5) is 0. The topological polar surface area (TPSA) is 0 Å². The molecular weight excluding hydrogens is 528 g/mol. The van der Waals surface area contributed by atoms with Crippen molar-refractivity contribution in [2.24, 2.45) is 0 Å². The summed E-state index contributed by atoms with van der Waals surface area (Å²) in [5.74, 6) is 0. The summed E-state index contributed by atoms with van der Waals surface area (Å²) in [6.45, 7) is 0. The fourth-order valence-corrected chi connectivity index (χ4v) is 7.21. The summed E-state index contributed by atoms with van der Waals surface area (Å²) in [5, 5.41) is 12.7. The minimum absolute atomic E-state index is 1.24. The highest BCUT2D eigenvalue weighted by atomic mass is 14.2. The Kier molecular flexibility index (Phi) is 5.61. The second-order valence-electron chi connectivity index (χ2n) is 11.7. The molecule has 0 saturated heterocycles. The maximum atomic E-state index is 2.37. The Balaban J connectivity index is 1.35. The van der Waals surface area contributed by atoms with Crippen LogP contribution in [0.2, 0.25) is 0 Å². The summed E-state index contributed by atoms with van der Waals surface area (Å²) < 4.78 is 0. The lowest BCUT2D eigenvalue weighted by molar-refractivity contribution is 1.64. The molecule has 0 aliphatic heterocycles. The van der Waals surface area contributed by atoms with Gasteiger partial charge >= 0.3 is 0 Å². The third kappa shape index (κ3) is 3.85. The molecule has 9 aromatic carbocycles. The van der Waals surface area contributed by atoms with Crippen LogP contribution in [0.15, 0.2) is 170 Å². The molecule has 9 rings (SSSR count). The van der Waals surface area contributed by atoms with Crippen molar-refractivity contribution in [2.75, 3.05) is 0 Å². The molecule has 9 aromatic rings. The summed E-state index contributed by atoms with van der Waals surface area (Å²) in [6, 6.07) is 62.3. The summed E-state index contributed by atoms with van der Waals surface area (Å²) >= 11 is 0. The van der Waals surface area contributed by atoms with Crippen molar-refractivity contribution in [3.8, 4) is 33.4 Å². The third-order valence-electron chi connectivity index (χ3n) is 9.20. The quantitative estimate of drug-likeness (QED) is 0.190. The molecule has 0 heteroatoms. The van der Waals surface area contributed by atoms with E-state index in [0.29, 0.717) is 0 Å². The van der Waals surface area contributed by atoms with Crippen LogP contribution >= 0.6 is 0 Å². The Hall–Kier alpha value is -5.72. The van der Waals surface area contributed by atoms with E-state index in [2.05, 4.69) is 170 Å². The standard InChI is InChI=1S/C44H28/c1-2-12-29(13-3-1)35-24-25-42(37-17-7-6-16-36(35)37)44-40-20-10-8-18-38(40)43(39-19-9-11-21-41(39)44)33-23-22-32-26-30-14-4-5-15-31(30)27-34(32)28-33/h1-28H. The van der Waals surface area contributed by atoms with Gasteiger partial charge in [-0.1, -0.05) is 152 Å². The van der Waals surface area contributed by atoms with Gasteiger partial charge < -0.3 is 0 Å². The number of fused-ring (bicyclic) bond motifs is 5. The monoisotopic (exact) mass is 556 g/mol. The highest BCUT2D eigenvalue weighted by molar-refractivity contribution is 6.24. The van der Waals surface area contributed by atoms with Crippen LogP contribution in [0.1, 0.15) is 0 Å². The van der Waals surface area contributed by atoms with E-state index in [1.807, 2.05) is 0 Å². The Labute approximate surface area is 256 Å². The minimum atomic E-state index is 1.24. The average molecular weight is 557 g/mol. The van der Waals surface area contributed by atoms with Gasteiger partial charge in [-0.25, -0.2) is 0 Å². The van der Waals surface area contributed by atoms with E-state index < -0.39 is 0 Å². The van der Waals surface area contributed by atoms with Gasteiger partial charge in [-0.2, -0.15) is 0 Å². The van der Waals surface area contributed by atoms with Crippen LogP contribution < -0.4 is 0 Å². The van der Waals surface area contributed by atoms with Gasteiger partial charge in [-0.3, -0.25) is 0 Å². The van der Waals surface area contributed by atoms with Crippen molar-refractivity contribution in [3.63, 3.8) is 0 Å². The van der Waals surface area contributed by atoms with E-state index in [4.69, 9.17) is 0 Å². The molecule has 0 spiro atoms. The van der Waals surface area contributed by atoms with Crippen LogP contribution in [0, 0.1) is 0 Å². The van der Waals surface area contributed by atoms with Crippen molar-refractivity contribution in [2.45, 2.75) is 0 Å². The molecule has 0 heterocycles. The first-order valence-corrected chi connectivity index (χ1v) is 15.3. The van der Waals surface area contributed by atoms with E-state index >= 15 is 0 Å². The Morgan fingerprint density at radius 2 is 0.682 bits per heavy atom. The van der Waals surface area contributed by atoms with Crippen molar-refractivity contribution in [1.29, 1.82) is 0 Å². The maximum absolute atomic E-state index is 2.37. The molecule has 204 valence electrons. The van der Waals surface area contributed by atoms with Crippen LogP contribution in [0.25, 0.3) is 87.2 Å². The molecule has 0 N–H and O–H groups in total. The first-order valence-electron chi connectivity index (χ1n) is 15.3. The van der Waals surface area contributed by atoms with E-state index in [0.717, 1.165) is 0 Å². The lowest BCUT2D eigenvalue weighted by Gasteiger charge is -2.20. The van der Waals surface area contributed by atoms with Gasteiger partial charge in [0, 0.05) is 0 Å². The van der Waals surface area contributed by atoms with E-state index in [1.165, 1.54) is 87.2 Å². The molecule has 0 amide bonds. The Morgan fingerprint density at radius 3 is 1.32 bits per heavy atom. The van der Waals surface area contributed by atoms with Crippen molar-refractivity contribution in [3.05, 3.63) is 170 Å². The van der Waals surface area contributed by atoms with Crippen molar-refractivity contribution < 1.29 is 0 Å². The van der Waals surface area contributed by atoms with Crippen LogP contribution in [0.4, 0.5) is 0 Å². The third-order valence-corrected chi connectivity index (χ3v) is 9.20. The summed E-state index contributed by atoms with van der Waals surface area (Å²) in [7, 11) is 0. The van der Waals surface area contributed by atoms with Gasteiger partial charge in [0.1, 0.15) is 0 Å². The molecule has 0 radical (unpaired) electrons. The van der Waals surface area contributed by atoms with Crippen molar-refractivity contribution in [1.82, 2.24) is 0 Å². The average Bonchev–Trinajstić information content (AvgIpc) is 3.09. The molecule has 0 atom stereocenters. The minimum Gasteiger partial charge on any atom is -0.0622 e. The number of benzene rings is 9. The number of rotatable bonds is 3. The fraction of sp³-hybridized carbons (Fsp3) is 0. The van der Waals surface area contributed by atoms with E-state index in [9.17, 15) is 0 Å². The van der Waals surface area contributed by atoms with Crippen LogP contribution in [0.3, 0.4) is 0 Å². The molecule has 0 aliphatic rings. The molecule has 44 heavy (non-hydrogen) atoms. The van der Waals surface area contributed by atoms with Crippen LogP contribution in [0.5, 0.6) is 0 Å². The lowest BCUT2D eigenvalue weighted by atomic mass is 9.83. The van der Waals surface area contributed by atoms with Gasteiger partial charge in [0.05, 0.1) is 0 Å². The van der Waals surface area contributed by atoms with E-state index in [-0.39, 0.29) is 0 Å². The van der Waals surface area contributed by atoms with Gasteiger partial charge in [0.2, 0.25) is 0 Å². The summed E-state index contributed by atoms with van der Waals surface area (Å²) in [5.41, 5.74) is 7.60. The molecule has 0 nitrogen and oxygen atoms in total. The second kappa shape index (κ2) is 9.93. The maximum Gasteiger partial charge on any atom is -0.00201 e. The molecular formula is C44H28. The van der Waals surface area contributed by atoms with Gasteiger partial charge in [0.15, 0.2) is 0 Å². The highest BCUT2D eigenvalue weighted by Gasteiger charge is 2.19. The molecule has 0 unspecified atom stereocenters. The zero-order chi connectivity index (χ0) is 29.0. The fourth-order valence-electron chi connectivity index (χ4n) is 7.21. The number of hydrogen-bond donors (Lipinski definition) is 0. The molecule has 0 aromatic heterocycles. The van der Waals surface area contributed by atoms with Gasteiger partial charge in [0.25, 0.3) is 0 Å². The predicted molar refractivity (Wildman–Crippen MR) is 190 cm³/mol. The molecule has 0 saturated carbocycles. The highest BCUT2D eigenvalue weighted by Crippen LogP contribution is 2.46. The second-order valence-corrected chi connectivity index (χ2v) is 11.7. The lowest BCUT2D eigenvalue weighted by Crippen LogP contribution is -1.92. The molecule has 0 fully saturated rings.